The predicted molar refractivity (Wildman–Crippen MR) is 79.1 cm³/mol. The van der Waals surface area contributed by atoms with Crippen molar-refractivity contribution in [2.75, 3.05) is 7.05 Å². The monoisotopic (exact) mass is 329 g/mol. The van der Waals surface area contributed by atoms with Crippen LogP contribution in [0.1, 0.15) is 17.2 Å². The zero-order chi connectivity index (χ0) is 15.6. The number of hydrogen-bond acceptors (Lipinski definition) is 5. The smallest absolute Gasteiger partial charge is 0.244 e. The van der Waals surface area contributed by atoms with Crippen molar-refractivity contribution >= 4 is 21.6 Å². The van der Waals surface area contributed by atoms with Gasteiger partial charge in [-0.25, -0.2) is 13.4 Å². The molecule has 7 nitrogen and oxygen atoms in total. The van der Waals surface area contributed by atoms with Crippen LogP contribution in [0.2, 0.25) is 5.02 Å². The minimum atomic E-state index is -3.72. The molecule has 2 aromatic rings. The molecule has 9 heteroatoms. The van der Waals surface area contributed by atoms with Gasteiger partial charge in [-0.15, -0.1) is 0 Å². The molecule has 0 radical (unpaired) electrons. The minimum absolute atomic E-state index is 0.0381. The van der Waals surface area contributed by atoms with Crippen LogP contribution in [0.4, 0.5) is 0 Å². The molecule has 0 aliphatic rings. The summed E-state index contributed by atoms with van der Waals surface area (Å²) < 4.78 is 26.2. The Balaban J connectivity index is 2.28. The molecule has 1 aromatic carbocycles. The standard InChI is InChI=1S/C12H16ClN5O2S/c1-8-15-12(17-16-8)7-18(2)21(19,20)11-4-3-9(6-14)5-10(11)13/h3-5H,6-7,14H2,1-2H3,(H,15,16,17). The van der Waals surface area contributed by atoms with Crippen molar-refractivity contribution < 1.29 is 8.42 Å². The fourth-order valence-corrected chi connectivity index (χ4v) is 3.45. The lowest BCUT2D eigenvalue weighted by atomic mass is 10.2. The van der Waals surface area contributed by atoms with E-state index >= 15 is 0 Å². The number of hydrogen-bond donors (Lipinski definition) is 2. The van der Waals surface area contributed by atoms with Crippen molar-refractivity contribution in [2.24, 2.45) is 5.73 Å². The fourth-order valence-electron chi connectivity index (χ4n) is 1.79. The summed E-state index contributed by atoms with van der Waals surface area (Å²) in [6, 6.07) is 4.66. The topological polar surface area (TPSA) is 105 Å². The minimum Gasteiger partial charge on any atom is -0.326 e. The summed E-state index contributed by atoms with van der Waals surface area (Å²) in [6.07, 6.45) is 0. The van der Waals surface area contributed by atoms with Crippen molar-refractivity contribution in [3.63, 3.8) is 0 Å². The number of aromatic nitrogens is 3. The molecule has 0 aliphatic heterocycles. The first-order chi connectivity index (χ1) is 9.84. The van der Waals surface area contributed by atoms with E-state index in [0.717, 1.165) is 9.87 Å². The summed E-state index contributed by atoms with van der Waals surface area (Å²) in [4.78, 5) is 4.12. The number of aryl methyl sites for hydroxylation is 1. The Morgan fingerprint density at radius 2 is 2.14 bits per heavy atom. The van der Waals surface area contributed by atoms with E-state index in [1.807, 2.05) is 0 Å². The number of nitrogens with one attached hydrogen (secondary N) is 1. The van der Waals surface area contributed by atoms with Crippen molar-refractivity contribution in [1.29, 1.82) is 0 Å². The molecule has 0 saturated carbocycles. The van der Waals surface area contributed by atoms with Gasteiger partial charge in [-0.3, -0.25) is 5.10 Å². The number of benzene rings is 1. The quantitative estimate of drug-likeness (QED) is 0.853. The Kier molecular flexibility index (Phi) is 4.62. The maximum atomic E-state index is 12.5. The zero-order valence-electron chi connectivity index (χ0n) is 11.7. The predicted octanol–water partition coefficient (Wildman–Crippen LogP) is 1.05. The van der Waals surface area contributed by atoms with Gasteiger partial charge in [-0.2, -0.15) is 9.40 Å². The van der Waals surface area contributed by atoms with Gasteiger partial charge in [0.15, 0.2) is 5.82 Å². The number of sulfonamides is 1. The third kappa shape index (κ3) is 3.41. The molecule has 2 rings (SSSR count). The molecule has 0 atom stereocenters. The van der Waals surface area contributed by atoms with Crippen LogP contribution in [0, 0.1) is 6.92 Å². The Morgan fingerprint density at radius 1 is 1.43 bits per heavy atom. The van der Waals surface area contributed by atoms with E-state index in [9.17, 15) is 8.42 Å². The molecule has 0 fully saturated rings. The lowest BCUT2D eigenvalue weighted by Crippen LogP contribution is -2.27. The second-order valence-corrected chi connectivity index (χ2v) is 6.99. The number of nitrogens with zero attached hydrogens (tertiary/aromatic N) is 3. The molecule has 0 amide bonds. The number of rotatable bonds is 5. The van der Waals surface area contributed by atoms with Gasteiger partial charge in [0.2, 0.25) is 10.0 Å². The van der Waals surface area contributed by atoms with Gasteiger partial charge in [0.25, 0.3) is 0 Å². The average Bonchev–Trinajstić information content (AvgIpc) is 2.83. The molecule has 114 valence electrons. The van der Waals surface area contributed by atoms with E-state index in [-0.39, 0.29) is 16.5 Å². The number of nitrogens with two attached hydrogens (primary N) is 1. The van der Waals surface area contributed by atoms with Crippen LogP contribution in [0.5, 0.6) is 0 Å². The van der Waals surface area contributed by atoms with Crippen molar-refractivity contribution in [3.8, 4) is 0 Å². The number of aromatic amines is 1. The lowest BCUT2D eigenvalue weighted by Gasteiger charge is -2.16. The van der Waals surface area contributed by atoms with Crippen LogP contribution in [-0.4, -0.2) is 35.0 Å². The highest BCUT2D eigenvalue weighted by atomic mass is 35.5. The number of H-pyrrole nitrogens is 1. The van der Waals surface area contributed by atoms with Crippen LogP contribution in [0.3, 0.4) is 0 Å². The van der Waals surface area contributed by atoms with Crippen molar-refractivity contribution in [3.05, 3.63) is 40.4 Å². The second kappa shape index (κ2) is 6.10. The Morgan fingerprint density at radius 3 is 2.67 bits per heavy atom. The molecular weight excluding hydrogens is 314 g/mol. The van der Waals surface area contributed by atoms with Crippen molar-refractivity contribution in [1.82, 2.24) is 19.5 Å². The van der Waals surface area contributed by atoms with E-state index in [1.54, 1.807) is 19.1 Å². The van der Waals surface area contributed by atoms with Crippen LogP contribution in [0.25, 0.3) is 0 Å². The normalized spacial score (nSPS) is 12.0. The molecule has 0 bridgehead atoms. The molecule has 0 aliphatic carbocycles. The second-order valence-electron chi connectivity index (χ2n) is 4.57. The van der Waals surface area contributed by atoms with E-state index in [1.165, 1.54) is 13.1 Å². The summed E-state index contributed by atoms with van der Waals surface area (Å²) >= 11 is 6.05. The largest absolute Gasteiger partial charge is 0.326 e. The van der Waals surface area contributed by atoms with Gasteiger partial charge in [0.1, 0.15) is 10.7 Å². The highest BCUT2D eigenvalue weighted by Gasteiger charge is 2.24. The van der Waals surface area contributed by atoms with E-state index in [0.29, 0.717) is 18.2 Å². The van der Waals surface area contributed by atoms with Gasteiger partial charge in [-0.05, 0) is 24.6 Å². The van der Waals surface area contributed by atoms with E-state index in [4.69, 9.17) is 17.3 Å². The molecule has 1 aromatic heterocycles. The summed E-state index contributed by atoms with van der Waals surface area (Å²) in [7, 11) is -2.26. The van der Waals surface area contributed by atoms with Gasteiger partial charge < -0.3 is 5.73 Å². The van der Waals surface area contributed by atoms with Crippen LogP contribution < -0.4 is 5.73 Å². The zero-order valence-corrected chi connectivity index (χ0v) is 13.2. The van der Waals surface area contributed by atoms with Gasteiger partial charge in [0, 0.05) is 13.6 Å². The summed E-state index contributed by atoms with van der Waals surface area (Å²) in [5, 5.41) is 6.74. The maximum absolute atomic E-state index is 12.5. The third-order valence-corrected chi connectivity index (χ3v) is 5.21. The summed E-state index contributed by atoms with van der Waals surface area (Å²) in [5.41, 5.74) is 6.27. The molecule has 21 heavy (non-hydrogen) atoms. The number of halogens is 1. The average molecular weight is 330 g/mol. The summed E-state index contributed by atoms with van der Waals surface area (Å²) in [6.45, 7) is 2.10. The molecule has 0 saturated heterocycles. The first-order valence-electron chi connectivity index (χ1n) is 6.17. The van der Waals surface area contributed by atoms with Crippen LogP contribution >= 0.6 is 11.6 Å². The van der Waals surface area contributed by atoms with E-state index in [2.05, 4.69) is 15.2 Å². The highest BCUT2D eigenvalue weighted by Crippen LogP contribution is 2.25. The van der Waals surface area contributed by atoms with Gasteiger partial charge in [-0.1, -0.05) is 17.7 Å². The van der Waals surface area contributed by atoms with Crippen LogP contribution in [-0.2, 0) is 23.1 Å². The first-order valence-corrected chi connectivity index (χ1v) is 7.99. The molecule has 1 heterocycles. The first kappa shape index (κ1) is 15.9. The van der Waals surface area contributed by atoms with E-state index < -0.39 is 10.0 Å². The lowest BCUT2D eigenvalue weighted by molar-refractivity contribution is 0.457. The fraction of sp³-hybridized carbons (Fsp3) is 0.333. The molecular formula is C12H16ClN5O2S. The SMILES string of the molecule is Cc1nc(CN(C)S(=O)(=O)c2ccc(CN)cc2Cl)n[nH]1. The summed E-state index contributed by atoms with van der Waals surface area (Å²) in [5.74, 6) is 1.02. The highest BCUT2D eigenvalue weighted by molar-refractivity contribution is 7.89. The maximum Gasteiger partial charge on any atom is 0.244 e. The molecule has 0 spiro atoms. The van der Waals surface area contributed by atoms with Gasteiger partial charge in [0.05, 0.1) is 11.6 Å². The third-order valence-electron chi connectivity index (χ3n) is 2.93. The van der Waals surface area contributed by atoms with Crippen LogP contribution in [0.15, 0.2) is 23.1 Å². The molecule has 0 unspecified atom stereocenters. The van der Waals surface area contributed by atoms with Gasteiger partial charge >= 0.3 is 0 Å². The molecule has 3 N–H and O–H groups in total. The Labute approximate surface area is 128 Å². The Bertz CT molecular complexity index is 744. The Hall–Kier alpha value is -1.48. The van der Waals surface area contributed by atoms with Crippen molar-refractivity contribution in [2.45, 2.75) is 24.9 Å².